The number of anilines is 3. The number of rotatable bonds is 3. The van der Waals surface area contributed by atoms with Gasteiger partial charge in [-0.2, -0.15) is 0 Å². The molecule has 0 fully saturated rings. The average molecular weight is 348 g/mol. The summed E-state index contributed by atoms with van der Waals surface area (Å²) in [7, 11) is 0. The molecule has 26 heavy (non-hydrogen) atoms. The zero-order valence-corrected chi connectivity index (χ0v) is 17.4. The molecule has 3 aromatic carbocycles. The number of aryl methyl sites for hydroxylation is 3. The highest BCUT2D eigenvalue weighted by molar-refractivity contribution is 5.76. The summed E-state index contributed by atoms with van der Waals surface area (Å²) in [6.07, 6.45) is 0. The fourth-order valence-corrected chi connectivity index (χ4v) is 2.53. The molecular weight excluding hydrogens is 314 g/mol. The molecule has 0 saturated heterocycles. The first-order chi connectivity index (χ1) is 12.6. The highest BCUT2D eigenvalue weighted by Crippen LogP contribution is 2.34. The predicted molar refractivity (Wildman–Crippen MR) is 118 cm³/mol. The van der Waals surface area contributed by atoms with Gasteiger partial charge in [0.1, 0.15) is 0 Å². The van der Waals surface area contributed by atoms with Gasteiger partial charge in [-0.1, -0.05) is 80.8 Å². The van der Waals surface area contributed by atoms with E-state index < -0.39 is 0 Å². The normalized spacial score (nSPS) is 9.35. The summed E-state index contributed by atoms with van der Waals surface area (Å²) in [4.78, 5) is 2.29. The number of nitrogens with zero attached hydrogens (tertiary/aromatic N) is 1. The minimum Gasteiger partial charge on any atom is -0.311 e. The van der Waals surface area contributed by atoms with E-state index in [2.05, 4.69) is 98.5 Å². The van der Waals surface area contributed by atoms with Gasteiger partial charge in [0.2, 0.25) is 0 Å². The van der Waals surface area contributed by atoms with Crippen molar-refractivity contribution in [2.75, 3.05) is 4.90 Å². The first kappa shape index (κ1) is 21.5. The van der Waals surface area contributed by atoms with Gasteiger partial charge in [0, 0.05) is 17.1 Å². The maximum absolute atomic E-state index is 2.29. The van der Waals surface area contributed by atoms with E-state index in [1.165, 1.54) is 33.8 Å². The lowest BCUT2D eigenvalue weighted by Crippen LogP contribution is -2.09. The minimum absolute atomic E-state index is 1.18. The molecule has 0 heterocycles. The lowest BCUT2D eigenvalue weighted by Gasteiger charge is -2.25. The van der Waals surface area contributed by atoms with Crippen LogP contribution in [0.25, 0.3) is 0 Å². The van der Waals surface area contributed by atoms with Crippen molar-refractivity contribution in [1.29, 1.82) is 0 Å². The first-order valence-corrected chi connectivity index (χ1v) is 9.63. The molecule has 0 aliphatic heterocycles. The Hall–Kier alpha value is -2.54. The summed E-state index contributed by atoms with van der Waals surface area (Å²) < 4.78 is 0. The second kappa shape index (κ2) is 11.1. The average Bonchev–Trinajstić information content (AvgIpc) is 2.70. The maximum Gasteiger partial charge on any atom is 0.0461 e. The van der Waals surface area contributed by atoms with Gasteiger partial charge < -0.3 is 4.90 Å². The van der Waals surface area contributed by atoms with Crippen molar-refractivity contribution in [3.8, 4) is 0 Å². The van der Waals surface area contributed by atoms with E-state index in [1.54, 1.807) is 0 Å². The lowest BCUT2D eigenvalue weighted by molar-refractivity contribution is 1.26. The number of benzene rings is 3. The summed E-state index contributed by atoms with van der Waals surface area (Å²) in [6, 6.07) is 26.0. The molecule has 0 bridgehead atoms. The third kappa shape index (κ3) is 5.77. The van der Waals surface area contributed by atoms with Crippen molar-refractivity contribution < 1.29 is 0 Å². The molecule has 0 aliphatic carbocycles. The Morgan fingerprint density at radius 3 is 0.769 bits per heavy atom. The SMILES string of the molecule is CC.CC.Cc1ccc(N(c2ccc(C)cc2)c2ccc(C)cc2)cc1. The van der Waals surface area contributed by atoms with E-state index in [9.17, 15) is 0 Å². The van der Waals surface area contributed by atoms with Gasteiger partial charge in [0.25, 0.3) is 0 Å². The standard InChI is InChI=1S/C21H21N.2C2H6/c1-16-4-10-19(11-5-16)22(20-12-6-17(2)7-13-20)21-14-8-18(3)9-15-21;2*1-2/h4-15H,1-3H3;2*1-2H3. The van der Waals surface area contributed by atoms with Crippen LogP contribution in [0.1, 0.15) is 44.4 Å². The van der Waals surface area contributed by atoms with Crippen molar-refractivity contribution in [2.24, 2.45) is 0 Å². The molecule has 0 unspecified atom stereocenters. The van der Waals surface area contributed by atoms with Crippen LogP contribution in [0.4, 0.5) is 17.1 Å². The van der Waals surface area contributed by atoms with E-state index in [-0.39, 0.29) is 0 Å². The second-order valence-electron chi connectivity index (χ2n) is 5.84. The van der Waals surface area contributed by atoms with Crippen molar-refractivity contribution in [1.82, 2.24) is 0 Å². The van der Waals surface area contributed by atoms with E-state index in [0.717, 1.165) is 0 Å². The Kier molecular flexibility index (Phi) is 9.22. The topological polar surface area (TPSA) is 3.24 Å². The molecule has 3 aromatic rings. The Balaban J connectivity index is 0.000000791. The van der Waals surface area contributed by atoms with Crippen molar-refractivity contribution in [3.63, 3.8) is 0 Å². The molecule has 1 heteroatoms. The van der Waals surface area contributed by atoms with Gasteiger partial charge in [-0.25, -0.2) is 0 Å². The molecule has 1 nitrogen and oxygen atoms in total. The monoisotopic (exact) mass is 347 g/mol. The highest BCUT2D eigenvalue weighted by Gasteiger charge is 2.11. The Morgan fingerprint density at radius 1 is 0.385 bits per heavy atom. The van der Waals surface area contributed by atoms with Gasteiger partial charge in [-0.3, -0.25) is 0 Å². The van der Waals surface area contributed by atoms with Crippen LogP contribution in [0.15, 0.2) is 72.8 Å². The van der Waals surface area contributed by atoms with Crippen LogP contribution in [0.5, 0.6) is 0 Å². The summed E-state index contributed by atoms with van der Waals surface area (Å²) in [5.74, 6) is 0. The summed E-state index contributed by atoms with van der Waals surface area (Å²) >= 11 is 0. The molecule has 3 rings (SSSR count). The summed E-state index contributed by atoms with van der Waals surface area (Å²) in [6.45, 7) is 14.4. The van der Waals surface area contributed by atoms with Crippen LogP contribution >= 0.6 is 0 Å². The van der Waals surface area contributed by atoms with E-state index in [4.69, 9.17) is 0 Å². The first-order valence-electron chi connectivity index (χ1n) is 9.63. The van der Waals surface area contributed by atoms with E-state index in [0.29, 0.717) is 0 Å². The molecule has 0 atom stereocenters. The van der Waals surface area contributed by atoms with Crippen LogP contribution in [0.2, 0.25) is 0 Å². The summed E-state index contributed by atoms with van der Waals surface area (Å²) in [5, 5.41) is 0. The molecular formula is C25H33N. The van der Waals surface area contributed by atoms with Gasteiger partial charge in [0.15, 0.2) is 0 Å². The van der Waals surface area contributed by atoms with Crippen LogP contribution in [-0.4, -0.2) is 0 Å². The third-order valence-corrected chi connectivity index (χ3v) is 3.88. The molecule has 0 saturated carbocycles. The van der Waals surface area contributed by atoms with Gasteiger partial charge in [0.05, 0.1) is 0 Å². The molecule has 138 valence electrons. The van der Waals surface area contributed by atoms with E-state index >= 15 is 0 Å². The fourth-order valence-electron chi connectivity index (χ4n) is 2.53. The Labute approximate surface area is 160 Å². The molecule has 0 radical (unpaired) electrons. The molecule has 0 N–H and O–H groups in total. The van der Waals surface area contributed by atoms with Gasteiger partial charge >= 0.3 is 0 Å². The summed E-state index contributed by atoms with van der Waals surface area (Å²) in [5.41, 5.74) is 7.36. The van der Waals surface area contributed by atoms with Gasteiger partial charge in [-0.05, 0) is 57.2 Å². The second-order valence-corrected chi connectivity index (χ2v) is 5.84. The Morgan fingerprint density at radius 2 is 0.577 bits per heavy atom. The zero-order valence-electron chi connectivity index (χ0n) is 17.4. The van der Waals surface area contributed by atoms with Crippen LogP contribution < -0.4 is 4.90 Å². The zero-order chi connectivity index (χ0) is 19.5. The lowest BCUT2D eigenvalue weighted by atomic mass is 10.1. The molecule has 0 amide bonds. The smallest absolute Gasteiger partial charge is 0.0461 e. The van der Waals surface area contributed by atoms with E-state index in [1.807, 2.05) is 27.7 Å². The highest BCUT2D eigenvalue weighted by atomic mass is 15.1. The Bertz CT molecular complexity index is 629. The molecule has 0 aliphatic rings. The minimum atomic E-state index is 1.18. The predicted octanol–water partition coefficient (Wildman–Crippen LogP) is 8.13. The van der Waals surface area contributed by atoms with Crippen LogP contribution in [-0.2, 0) is 0 Å². The van der Waals surface area contributed by atoms with Crippen LogP contribution in [0.3, 0.4) is 0 Å². The van der Waals surface area contributed by atoms with Crippen molar-refractivity contribution in [3.05, 3.63) is 89.5 Å². The number of hydrogen-bond acceptors (Lipinski definition) is 1. The fraction of sp³-hybridized carbons (Fsp3) is 0.280. The molecule has 0 aromatic heterocycles. The third-order valence-electron chi connectivity index (χ3n) is 3.88. The quantitative estimate of drug-likeness (QED) is 0.462. The van der Waals surface area contributed by atoms with Gasteiger partial charge in [-0.15, -0.1) is 0 Å². The molecule has 0 spiro atoms. The largest absolute Gasteiger partial charge is 0.311 e. The van der Waals surface area contributed by atoms with Crippen molar-refractivity contribution >= 4 is 17.1 Å². The maximum atomic E-state index is 2.29. The van der Waals surface area contributed by atoms with Crippen LogP contribution in [0, 0.1) is 20.8 Å². The number of hydrogen-bond donors (Lipinski definition) is 0. The van der Waals surface area contributed by atoms with Crippen molar-refractivity contribution in [2.45, 2.75) is 48.5 Å².